The van der Waals surface area contributed by atoms with Crippen LogP contribution >= 0.6 is 0 Å². The van der Waals surface area contributed by atoms with Crippen molar-refractivity contribution in [2.75, 3.05) is 0 Å². The van der Waals surface area contributed by atoms with Gasteiger partial charge in [-0.05, 0) is 0 Å². The SMILES string of the molecule is [CH2-]C(CCC)[C-](C)C. The van der Waals surface area contributed by atoms with E-state index in [4.69, 9.17) is 0 Å². The second kappa shape index (κ2) is 3.94. The summed E-state index contributed by atoms with van der Waals surface area (Å²) in [6.07, 6.45) is 2.49. The quantitative estimate of drug-likeness (QED) is 0.492. The molecule has 0 heterocycles. The van der Waals surface area contributed by atoms with E-state index in [1.807, 2.05) is 0 Å². The van der Waals surface area contributed by atoms with Crippen LogP contribution in [0.15, 0.2) is 0 Å². The lowest BCUT2D eigenvalue weighted by Gasteiger charge is -2.34. The molecule has 0 amide bonds. The maximum absolute atomic E-state index is 3.99. The van der Waals surface area contributed by atoms with Crippen LogP contribution in [0.3, 0.4) is 0 Å². The van der Waals surface area contributed by atoms with E-state index in [1.54, 1.807) is 0 Å². The molecule has 0 radical (unpaired) electrons. The van der Waals surface area contributed by atoms with Crippen molar-refractivity contribution in [2.45, 2.75) is 33.6 Å². The zero-order chi connectivity index (χ0) is 6.57. The lowest BCUT2D eigenvalue weighted by Crippen LogP contribution is -2.00. The van der Waals surface area contributed by atoms with Gasteiger partial charge in [-0.1, -0.05) is 13.3 Å². The van der Waals surface area contributed by atoms with Crippen molar-refractivity contribution in [1.82, 2.24) is 0 Å². The van der Waals surface area contributed by atoms with Gasteiger partial charge in [0.1, 0.15) is 0 Å². The highest BCUT2D eigenvalue weighted by Crippen LogP contribution is 2.16. The molecule has 0 aliphatic heterocycles. The van der Waals surface area contributed by atoms with Crippen LogP contribution in [-0.4, -0.2) is 0 Å². The first-order valence-electron chi connectivity index (χ1n) is 3.31. The summed E-state index contributed by atoms with van der Waals surface area (Å²) in [5, 5.41) is 0. The summed E-state index contributed by atoms with van der Waals surface area (Å²) >= 11 is 0. The zero-order valence-corrected chi connectivity index (χ0v) is 6.20. The van der Waals surface area contributed by atoms with E-state index < -0.39 is 0 Å². The van der Waals surface area contributed by atoms with Crippen molar-refractivity contribution in [2.24, 2.45) is 5.92 Å². The van der Waals surface area contributed by atoms with Gasteiger partial charge in [-0.2, -0.15) is 13.8 Å². The summed E-state index contributed by atoms with van der Waals surface area (Å²) in [6.45, 7) is 10.5. The molecule has 1 unspecified atom stereocenters. The van der Waals surface area contributed by atoms with Crippen LogP contribution in [0.5, 0.6) is 0 Å². The molecular formula is C8H16-2. The highest BCUT2D eigenvalue weighted by atomic mass is 14.1. The van der Waals surface area contributed by atoms with E-state index in [2.05, 4.69) is 27.7 Å². The van der Waals surface area contributed by atoms with Gasteiger partial charge in [0.2, 0.25) is 0 Å². The summed E-state index contributed by atoms with van der Waals surface area (Å²) in [7, 11) is 0. The third kappa shape index (κ3) is 3.06. The van der Waals surface area contributed by atoms with Gasteiger partial charge in [0.25, 0.3) is 0 Å². The molecule has 0 bridgehead atoms. The summed E-state index contributed by atoms with van der Waals surface area (Å²) in [5.41, 5.74) is 0. The normalized spacial score (nSPS) is 14.6. The topological polar surface area (TPSA) is 0 Å². The van der Waals surface area contributed by atoms with Crippen LogP contribution in [-0.2, 0) is 0 Å². The van der Waals surface area contributed by atoms with Crippen molar-refractivity contribution in [1.29, 1.82) is 0 Å². The van der Waals surface area contributed by atoms with Crippen molar-refractivity contribution >= 4 is 0 Å². The zero-order valence-electron chi connectivity index (χ0n) is 6.20. The molecule has 0 heteroatoms. The second-order valence-corrected chi connectivity index (χ2v) is 2.56. The highest BCUT2D eigenvalue weighted by molar-refractivity contribution is 4.87. The summed E-state index contributed by atoms with van der Waals surface area (Å²) < 4.78 is 0. The standard InChI is InChI=1S/C8H16/c1-5-6-8(4)7(2)3/h8H,4-6H2,1-3H3/q-2. The van der Waals surface area contributed by atoms with Crippen LogP contribution in [0.1, 0.15) is 33.6 Å². The third-order valence-corrected chi connectivity index (χ3v) is 1.45. The predicted molar refractivity (Wildman–Crippen MR) is 38.3 cm³/mol. The molecule has 0 saturated heterocycles. The third-order valence-electron chi connectivity index (χ3n) is 1.45. The van der Waals surface area contributed by atoms with Crippen LogP contribution in [0.4, 0.5) is 0 Å². The molecule has 0 rings (SSSR count). The fraction of sp³-hybridized carbons (Fsp3) is 0.750. The van der Waals surface area contributed by atoms with Crippen LogP contribution in [0.2, 0.25) is 0 Å². The Morgan fingerprint density at radius 1 is 1.50 bits per heavy atom. The predicted octanol–water partition coefficient (Wildman–Crippen LogP) is 2.85. The largest absolute Gasteiger partial charge is 0.369 e. The fourth-order valence-corrected chi connectivity index (χ4v) is 0.637. The van der Waals surface area contributed by atoms with Crippen molar-refractivity contribution in [3.05, 3.63) is 12.8 Å². The van der Waals surface area contributed by atoms with Crippen molar-refractivity contribution in [3.8, 4) is 0 Å². The van der Waals surface area contributed by atoms with Gasteiger partial charge < -0.3 is 12.8 Å². The van der Waals surface area contributed by atoms with Gasteiger partial charge in [0, 0.05) is 0 Å². The summed E-state index contributed by atoms with van der Waals surface area (Å²) in [4.78, 5) is 0. The molecule has 0 nitrogen and oxygen atoms in total. The number of hydrogen-bond acceptors (Lipinski definition) is 0. The number of hydrogen-bond donors (Lipinski definition) is 0. The van der Waals surface area contributed by atoms with Gasteiger partial charge >= 0.3 is 0 Å². The Kier molecular flexibility index (Phi) is 3.94. The molecule has 0 aromatic heterocycles. The fourth-order valence-electron chi connectivity index (χ4n) is 0.637. The first-order valence-corrected chi connectivity index (χ1v) is 3.31. The van der Waals surface area contributed by atoms with E-state index in [9.17, 15) is 0 Å². The molecular weight excluding hydrogens is 96.1 g/mol. The lowest BCUT2D eigenvalue weighted by atomic mass is 9.94. The molecule has 0 aromatic rings. The minimum atomic E-state index is 0.583. The molecule has 0 aromatic carbocycles. The second-order valence-electron chi connectivity index (χ2n) is 2.56. The van der Waals surface area contributed by atoms with Gasteiger partial charge in [-0.15, -0.1) is 6.42 Å². The molecule has 8 heavy (non-hydrogen) atoms. The Morgan fingerprint density at radius 2 is 2.00 bits per heavy atom. The first-order chi connectivity index (χ1) is 3.68. The smallest absolute Gasteiger partial charge is 0.0606 e. The molecule has 50 valence electrons. The Hall–Kier alpha value is 0. The van der Waals surface area contributed by atoms with Gasteiger partial charge in [0.15, 0.2) is 0 Å². The molecule has 0 N–H and O–H groups in total. The maximum Gasteiger partial charge on any atom is -0.0606 e. The van der Waals surface area contributed by atoms with E-state index >= 15 is 0 Å². The monoisotopic (exact) mass is 112 g/mol. The Balaban J connectivity index is 3.17. The number of rotatable bonds is 3. The van der Waals surface area contributed by atoms with Gasteiger partial charge in [-0.3, -0.25) is 5.92 Å². The van der Waals surface area contributed by atoms with Crippen LogP contribution in [0.25, 0.3) is 0 Å². The molecule has 0 fully saturated rings. The first kappa shape index (κ1) is 8.00. The van der Waals surface area contributed by atoms with Crippen LogP contribution in [0, 0.1) is 18.8 Å². The maximum atomic E-state index is 3.99. The molecule has 0 spiro atoms. The van der Waals surface area contributed by atoms with Gasteiger partial charge in [0.05, 0.1) is 0 Å². The Bertz CT molecular complexity index is 46.0. The van der Waals surface area contributed by atoms with Crippen molar-refractivity contribution in [3.63, 3.8) is 0 Å². The Labute approximate surface area is 53.3 Å². The van der Waals surface area contributed by atoms with E-state index in [-0.39, 0.29) is 0 Å². The lowest BCUT2D eigenvalue weighted by molar-refractivity contribution is 0.593. The molecule has 0 saturated carbocycles. The van der Waals surface area contributed by atoms with Gasteiger partial charge in [-0.25, -0.2) is 0 Å². The van der Waals surface area contributed by atoms with E-state index in [0.717, 1.165) is 0 Å². The molecule has 1 atom stereocenters. The summed E-state index contributed by atoms with van der Waals surface area (Å²) in [6, 6.07) is 0. The molecule has 0 aliphatic carbocycles. The Morgan fingerprint density at radius 3 is 2.12 bits per heavy atom. The van der Waals surface area contributed by atoms with E-state index in [1.165, 1.54) is 18.8 Å². The molecule has 0 aliphatic rings. The van der Waals surface area contributed by atoms with Crippen molar-refractivity contribution < 1.29 is 0 Å². The van der Waals surface area contributed by atoms with Crippen LogP contribution < -0.4 is 0 Å². The minimum absolute atomic E-state index is 0.583. The average Bonchev–Trinajstić information content (AvgIpc) is 1.67. The highest BCUT2D eigenvalue weighted by Gasteiger charge is 1.83. The summed E-state index contributed by atoms with van der Waals surface area (Å²) in [5.74, 6) is 2.03. The average molecular weight is 112 g/mol. The minimum Gasteiger partial charge on any atom is -0.369 e. The van der Waals surface area contributed by atoms with E-state index in [0.29, 0.717) is 5.92 Å².